The van der Waals surface area contributed by atoms with Crippen molar-refractivity contribution in [2.75, 3.05) is 6.26 Å². The van der Waals surface area contributed by atoms with Crippen LogP contribution in [0.2, 0.25) is 0 Å². The van der Waals surface area contributed by atoms with Crippen LogP contribution in [0.15, 0.2) is 23.4 Å². The smallest absolute Gasteiger partial charge is 0.338 e. The lowest BCUT2D eigenvalue weighted by Crippen LogP contribution is -1.98. The van der Waals surface area contributed by atoms with E-state index in [0.717, 1.165) is 0 Å². The van der Waals surface area contributed by atoms with E-state index in [1.54, 1.807) is 12.3 Å². The van der Waals surface area contributed by atoms with Crippen molar-refractivity contribution in [3.8, 4) is 0 Å². The molecule has 12 heavy (non-hydrogen) atoms. The Hall–Kier alpha value is -0.680. The van der Waals surface area contributed by atoms with Gasteiger partial charge in [-0.1, -0.05) is 0 Å². The summed E-state index contributed by atoms with van der Waals surface area (Å²) in [7, 11) is 0. The first kappa shape index (κ1) is 11.3. The molecule has 0 amide bonds. The zero-order chi connectivity index (χ0) is 9.56. The summed E-state index contributed by atoms with van der Waals surface area (Å²) in [5.41, 5.74) is 0.130. The number of carboxylic acid groups (broad SMARTS) is 1. The normalized spacial score (nSPS) is 8.25. The molecular weight excluding hydrogens is 194 g/mol. The SMILES string of the molecule is CS.O=C(O)c1cccnc1S. The van der Waals surface area contributed by atoms with Crippen molar-refractivity contribution in [3.05, 3.63) is 23.9 Å². The van der Waals surface area contributed by atoms with Gasteiger partial charge in [0.05, 0.1) is 5.56 Å². The monoisotopic (exact) mass is 203 g/mol. The molecule has 66 valence electrons. The highest BCUT2D eigenvalue weighted by Crippen LogP contribution is 2.08. The lowest BCUT2D eigenvalue weighted by Gasteiger charge is -1.94. The highest BCUT2D eigenvalue weighted by Gasteiger charge is 2.05. The van der Waals surface area contributed by atoms with Gasteiger partial charge in [0.1, 0.15) is 5.03 Å². The number of carboxylic acids is 1. The molecule has 3 nitrogen and oxygen atoms in total. The molecular formula is C7H9NO2S2. The van der Waals surface area contributed by atoms with Crippen LogP contribution in [0.1, 0.15) is 10.4 Å². The number of aromatic nitrogens is 1. The molecule has 0 saturated heterocycles. The van der Waals surface area contributed by atoms with E-state index < -0.39 is 5.97 Å². The minimum atomic E-state index is -1.00. The van der Waals surface area contributed by atoms with Crippen LogP contribution >= 0.6 is 25.3 Å². The number of hydrogen-bond acceptors (Lipinski definition) is 4. The number of hydrogen-bond donors (Lipinski definition) is 3. The fourth-order valence-electron chi connectivity index (χ4n) is 0.564. The molecule has 5 heteroatoms. The summed E-state index contributed by atoms with van der Waals surface area (Å²) < 4.78 is 0. The Bertz CT molecular complexity index is 265. The van der Waals surface area contributed by atoms with Gasteiger partial charge in [0.2, 0.25) is 0 Å². The van der Waals surface area contributed by atoms with Crippen LogP contribution in [0.25, 0.3) is 0 Å². The Morgan fingerprint density at radius 1 is 1.58 bits per heavy atom. The van der Waals surface area contributed by atoms with Crippen LogP contribution in [-0.4, -0.2) is 22.3 Å². The molecule has 0 atom stereocenters. The molecule has 0 aliphatic carbocycles. The van der Waals surface area contributed by atoms with Gasteiger partial charge in [-0.05, 0) is 18.4 Å². The third-order valence-corrected chi connectivity index (χ3v) is 1.37. The standard InChI is InChI=1S/C6H5NO2S.CH4S/c8-6(9)4-2-1-3-7-5(4)10;1-2/h1-3H,(H,7,10)(H,8,9);2H,1H3. The predicted octanol–water partition coefficient (Wildman–Crippen LogP) is 1.61. The van der Waals surface area contributed by atoms with Crippen molar-refractivity contribution in [1.82, 2.24) is 4.98 Å². The molecule has 1 heterocycles. The maximum Gasteiger partial charge on any atom is 0.338 e. The Labute approximate surface area is 81.7 Å². The number of carbonyl (C=O) groups is 1. The number of pyridine rings is 1. The van der Waals surface area contributed by atoms with Gasteiger partial charge in [0, 0.05) is 6.20 Å². The zero-order valence-corrected chi connectivity index (χ0v) is 8.22. The quantitative estimate of drug-likeness (QED) is 0.608. The van der Waals surface area contributed by atoms with Crippen molar-refractivity contribution >= 4 is 31.2 Å². The molecule has 0 aromatic carbocycles. The molecule has 1 rings (SSSR count). The summed E-state index contributed by atoms with van der Waals surface area (Å²) in [4.78, 5) is 14.0. The first-order chi connectivity index (χ1) is 5.72. The molecule has 1 aromatic heterocycles. The fourth-order valence-corrected chi connectivity index (χ4v) is 0.801. The van der Waals surface area contributed by atoms with E-state index in [-0.39, 0.29) is 10.6 Å². The molecule has 1 N–H and O–H groups in total. The van der Waals surface area contributed by atoms with Crippen LogP contribution in [0.5, 0.6) is 0 Å². The van der Waals surface area contributed by atoms with E-state index in [1.807, 2.05) is 0 Å². The van der Waals surface area contributed by atoms with Gasteiger partial charge in [-0.25, -0.2) is 9.78 Å². The summed E-state index contributed by atoms with van der Waals surface area (Å²) >= 11 is 7.37. The average Bonchev–Trinajstić information content (AvgIpc) is 2.08. The van der Waals surface area contributed by atoms with E-state index in [4.69, 9.17) is 5.11 Å². The molecule has 1 aromatic rings. The van der Waals surface area contributed by atoms with Crippen molar-refractivity contribution in [1.29, 1.82) is 0 Å². The summed E-state index contributed by atoms with van der Waals surface area (Å²) in [6, 6.07) is 3.01. The average molecular weight is 203 g/mol. The van der Waals surface area contributed by atoms with E-state index >= 15 is 0 Å². The minimum Gasteiger partial charge on any atom is -0.478 e. The van der Waals surface area contributed by atoms with Crippen LogP contribution in [-0.2, 0) is 0 Å². The van der Waals surface area contributed by atoms with Gasteiger partial charge in [-0.3, -0.25) is 0 Å². The molecule has 0 radical (unpaired) electrons. The Kier molecular flexibility index (Phi) is 5.57. The third-order valence-electron chi connectivity index (χ3n) is 1.02. The number of aromatic carboxylic acids is 1. The van der Waals surface area contributed by atoms with Gasteiger partial charge < -0.3 is 5.11 Å². The first-order valence-electron chi connectivity index (χ1n) is 3.04. The molecule has 0 aliphatic heterocycles. The van der Waals surface area contributed by atoms with Crippen molar-refractivity contribution in [2.24, 2.45) is 0 Å². The molecule has 0 bridgehead atoms. The second kappa shape index (κ2) is 5.91. The molecule has 0 saturated carbocycles. The van der Waals surface area contributed by atoms with Gasteiger partial charge in [0.15, 0.2) is 0 Å². The van der Waals surface area contributed by atoms with Gasteiger partial charge in [-0.15, -0.1) is 12.6 Å². The van der Waals surface area contributed by atoms with Crippen molar-refractivity contribution < 1.29 is 9.90 Å². The second-order valence-electron chi connectivity index (χ2n) is 1.68. The first-order valence-corrected chi connectivity index (χ1v) is 4.38. The molecule has 0 aliphatic rings. The van der Waals surface area contributed by atoms with E-state index in [0.29, 0.717) is 0 Å². The second-order valence-corrected chi connectivity index (χ2v) is 2.10. The number of thiol groups is 2. The highest BCUT2D eigenvalue weighted by molar-refractivity contribution is 7.80. The van der Waals surface area contributed by atoms with Gasteiger partial charge >= 0.3 is 5.97 Å². The fraction of sp³-hybridized carbons (Fsp3) is 0.143. The van der Waals surface area contributed by atoms with Crippen LogP contribution in [0, 0.1) is 0 Å². The third kappa shape index (κ3) is 3.15. The topological polar surface area (TPSA) is 50.2 Å². The largest absolute Gasteiger partial charge is 0.478 e. The summed E-state index contributed by atoms with van der Waals surface area (Å²) in [5, 5.41) is 8.72. The molecule has 0 fully saturated rings. The minimum absolute atomic E-state index is 0.130. The summed E-state index contributed by atoms with van der Waals surface area (Å²) in [5.74, 6) is -1.00. The van der Waals surface area contributed by atoms with E-state index in [2.05, 4.69) is 30.2 Å². The zero-order valence-electron chi connectivity index (χ0n) is 6.43. The molecule has 0 spiro atoms. The van der Waals surface area contributed by atoms with E-state index in [1.165, 1.54) is 12.3 Å². The number of nitrogens with zero attached hydrogens (tertiary/aromatic N) is 1. The van der Waals surface area contributed by atoms with Crippen LogP contribution in [0.4, 0.5) is 0 Å². The Morgan fingerprint density at radius 2 is 2.17 bits per heavy atom. The van der Waals surface area contributed by atoms with Crippen molar-refractivity contribution in [3.63, 3.8) is 0 Å². The van der Waals surface area contributed by atoms with E-state index in [9.17, 15) is 4.79 Å². The van der Waals surface area contributed by atoms with Crippen LogP contribution in [0.3, 0.4) is 0 Å². The predicted molar refractivity (Wildman–Crippen MR) is 53.4 cm³/mol. The number of rotatable bonds is 1. The summed E-state index contributed by atoms with van der Waals surface area (Å²) in [6.45, 7) is 0. The Morgan fingerprint density at radius 3 is 2.50 bits per heavy atom. The Balaban J connectivity index is 0.000000561. The van der Waals surface area contributed by atoms with Crippen LogP contribution < -0.4 is 0 Å². The van der Waals surface area contributed by atoms with Gasteiger partial charge in [-0.2, -0.15) is 12.6 Å². The maximum absolute atomic E-state index is 10.3. The maximum atomic E-state index is 10.3. The molecule has 0 unspecified atom stereocenters. The summed E-state index contributed by atoms with van der Waals surface area (Å²) in [6.07, 6.45) is 3.19. The van der Waals surface area contributed by atoms with Gasteiger partial charge in [0.25, 0.3) is 0 Å². The van der Waals surface area contributed by atoms with Crippen molar-refractivity contribution in [2.45, 2.75) is 5.03 Å². The lowest BCUT2D eigenvalue weighted by atomic mass is 10.3. The highest BCUT2D eigenvalue weighted by atomic mass is 32.1. The lowest BCUT2D eigenvalue weighted by molar-refractivity contribution is 0.0692.